The largest absolute Gasteiger partial charge is 0.428 e. The number of rotatable bonds is 26. The van der Waals surface area contributed by atoms with Crippen LogP contribution in [0, 0.1) is 0 Å². The molecule has 0 aliphatic heterocycles. The molecule has 4 N–H and O–H groups in total. The van der Waals surface area contributed by atoms with E-state index in [9.17, 15) is 132 Å². The summed E-state index contributed by atoms with van der Waals surface area (Å²) in [6.07, 6.45) is -46.0. The maximum Gasteiger partial charge on any atom is 0.428 e. The lowest BCUT2D eigenvalue weighted by Crippen LogP contribution is -2.65. The Balaban J connectivity index is 0.000000239. The van der Waals surface area contributed by atoms with E-state index in [4.69, 9.17) is 37.9 Å². The highest BCUT2D eigenvalue weighted by molar-refractivity contribution is 5.95. The molecule has 0 bridgehead atoms. The van der Waals surface area contributed by atoms with Crippen molar-refractivity contribution in [1.82, 2.24) is 0 Å². The van der Waals surface area contributed by atoms with Crippen molar-refractivity contribution in [3.05, 3.63) is 216 Å². The summed E-state index contributed by atoms with van der Waals surface area (Å²) in [5, 5.41) is 44.0. The molecule has 8 aromatic rings. The van der Waals surface area contributed by atoms with E-state index in [0.29, 0.717) is 101 Å². The van der Waals surface area contributed by atoms with Crippen LogP contribution in [-0.2, 0) is 60.5 Å². The summed E-state index contributed by atoms with van der Waals surface area (Å²) >= 11 is 0. The maximum atomic E-state index is 13.4. The number of aliphatic hydroxyl groups is 4. The monoisotopic (exact) mass is 1880 g/mol. The fourth-order valence-electron chi connectivity index (χ4n) is 15.3. The Bertz CT molecular complexity index is 5290. The first-order valence-electron chi connectivity index (χ1n) is 40.7. The highest BCUT2D eigenvalue weighted by Crippen LogP contribution is 2.55. The van der Waals surface area contributed by atoms with Crippen LogP contribution in [0.3, 0.4) is 0 Å². The molecule has 0 amide bonds. The summed E-state index contributed by atoms with van der Waals surface area (Å²) < 4.78 is 323. The van der Waals surface area contributed by atoms with Gasteiger partial charge in [-0.3, -0.25) is 0 Å². The van der Waals surface area contributed by atoms with Crippen molar-refractivity contribution < 1.29 is 170 Å². The summed E-state index contributed by atoms with van der Waals surface area (Å²) in [5.74, 6) is -1.50. The van der Waals surface area contributed by atoms with Crippen LogP contribution >= 0.6 is 0 Å². The first-order valence-corrected chi connectivity index (χ1v) is 40.7. The molecule has 2 fully saturated rings. The Labute approximate surface area is 739 Å². The highest BCUT2D eigenvalue weighted by atomic mass is 19.4. The number of hydrogen-bond donors (Lipinski definition) is 4. The van der Waals surface area contributed by atoms with Gasteiger partial charge in [0, 0.05) is 22.3 Å². The third-order valence-corrected chi connectivity index (χ3v) is 23.1. The van der Waals surface area contributed by atoms with Gasteiger partial charge in [0.2, 0.25) is 0 Å². The second-order valence-electron chi connectivity index (χ2n) is 33.1. The Kier molecular flexibility index (Phi) is 32.9. The lowest BCUT2D eigenvalue weighted by molar-refractivity contribution is -0.400. The second-order valence-corrected chi connectivity index (χ2v) is 33.1. The quantitative estimate of drug-likeness (QED) is 0.0171. The van der Waals surface area contributed by atoms with Gasteiger partial charge in [-0.25, -0.2) is 19.2 Å². The molecule has 0 aromatic heterocycles. The molecule has 718 valence electrons. The number of carbonyl (C=O) groups is 4. The smallest absolute Gasteiger partial charge is 0.423 e. The van der Waals surface area contributed by atoms with E-state index in [1.807, 2.05) is 18.2 Å². The average molecular weight is 1880 g/mol. The van der Waals surface area contributed by atoms with E-state index in [1.165, 1.54) is 96.1 Å². The number of benzene rings is 8. The van der Waals surface area contributed by atoms with Crippen LogP contribution in [0.4, 0.5) is 92.2 Å². The minimum Gasteiger partial charge on any atom is -0.423 e. The molecule has 2 aliphatic rings. The average Bonchev–Trinajstić information content (AvgIpc) is 1.42. The van der Waals surface area contributed by atoms with Crippen LogP contribution in [0.15, 0.2) is 194 Å². The number of esters is 4. The van der Waals surface area contributed by atoms with E-state index in [2.05, 4.69) is 26.3 Å². The van der Waals surface area contributed by atoms with Gasteiger partial charge in [-0.05, 0) is 235 Å². The van der Waals surface area contributed by atoms with Crippen LogP contribution < -0.4 is 18.9 Å². The SMILES string of the molecule is C=C(C)C(=O)Oc1ccc2c(C(C)(C)OC(C)C(O)(C(F)(F)F)C(F)(F)F)cccc2c1.C=C(C)C(=O)Oc1ccc2c(C(CC)(CC)OC(C)C(O)(C(F)(F)F)C(F)(F)F)cccc2c1.C=C(C)C(=O)Oc1ccc2c(C3(OC(C)C(O)(C(F)(F)F)C(F)(F)F)CCCC3)cccc2c1.C=C(C)C(=O)Oc1ccc2cc(C3(OC(C)C(C)(O)C(F)(F)F)CCCC3)ccc2c1. The lowest BCUT2D eigenvalue weighted by atomic mass is 9.83. The minimum atomic E-state index is -6.02. The van der Waals surface area contributed by atoms with Crippen LogP contribution in [0.5, 0.6) is 23.0 Å². The maximum absolute atomic E-state index is 13.4. The van der Waals surface area contributed by atoms with Crippen molar-refractivity contribution in [1.29, 1.82) is 0 Å². The summed E-state index contributed by atoms with van der Waals surface area (Å²) in [5.41, 5.74) is -21.1. The fourth-order valence-corrected chi connectivity index (χ4v) is 15.3. The van der Waals surface area contributed by atoms with Crippen molar-refractivity contribution in [3.8, 4) is 23.0 Å². The van der Waals surface area contributed by atoms with E-state index in [0.717, 1.165) is 36.1 Å². The molecule has 2 saturated carbocycles. The van der Waals surface area contributed by atoms with Gasteiger partial charge in [0.05, 0.1) is 28.5 Å². The molecule has 8 aromatic carbocycles. The Morgan fingerprint density at radius 1 is 0.351 bits per heavy atom. The van der Waals surface area contributed by atoms with Gasteiger partial charge in [0.1, 0.15) is 41.3 Å². The van der Waals surface area contributed by atoms with Gasteiger partial charge in [0.15, 0.2) is 5.60 Å². The van der Waals surface area contributed by atoms with Gasteiger partial charge < -0.3 is 58.3 Å². The van der Waals surface area contributed by atoms with E-state index in [-0.39, 0.29) is 65.2 Å². The van der Waals surface area contributed by atoms with Crippen LogP contribution in [0.2, 0.25) is 0 Å². The molecule has 0 spiro atoms. The van der Waals surface area contributed by atoms with Crippen molar-refractivity contribution in [3.63, 3.8) is 0 Å². The topological polar surface area (TPSA) is 223 Å². The molecule has 10 rings (SSSR count). The molecule has 37 heteroatoms. The van der Waals surface area contributed by atoms with Crippen molar-refractivity contribution in [2.45, 2.75) is 267 Å². The molecule has 0 saturated heterocycles. The third-order valence-electron chi connectivity index (χ3n) is 23.1. The Hall–Kier alpha value is -10.2. The molecule has 131 heavy (non-hydrogen) atoms. The molecule has 5 unspecified atom stereocenters. The highest BCUT2D eigenvalue weighted by Gasteiger charge is 2.77. The Morgan fingerprint density at radius 3 is 1.02 bits per heavy atom. The number of ether oxygens (including phenoxy) is 8. The Morgan fingerprint density at radius 2 is 0.649 bits per heavy atom. The predicted octanol–water partition coefficient (Wildman–Crippen LogP) is 24.6. The molecule has 2 aliphatic carbocycles. The molecular weight excluding hydrogens is 1780 g/mol. The van der Waals surface area contributed by atoms with Crippen molar-refractivity contribution >= 4 is 67.0 Å². The van der Waals surface area contributed by atoms with Crippen LogP contribution in [-0.4, -0.2) is 134 Å². The number of hydrogen-bond acceptors (Lipinski definition) is 16. The summed E-state index contributed by atoms with van der Waals surface area (Å²) in [6.45, 7) is 29.4. The van der Waals surface area contributed by atoms with Gasteiger partial charge in [-0.2, -0.15) is 92.2 Å². The van der Waals surface area contributed by atoms with Gasteiger partial charge in [-0.15, -0.1) is 0 Å². The second kappa shape index (κ2) is 40.0. The zero-order chi connectivity index (χ0) is 99.4. The summed E-state index contributed by atoms with van der Waals surface area (Å²) in [7, 11) is 0. The van der Waals surface area contributed by atoms with Crippen molar-refractivity contribution in [2.24, 2.45) is 0 Å². The number of fused-ring (bicyclic) bond motifs is 4. The summed E-state index contributed by atoms with van der Waals surface area (Å²) in [6, 6.07) is 38.5. The summed E-state index contributed by atoms with van der Waals surface area (Å²) in [4.78, 5) is 47.0. The molecule has 5 atom stereocenters. The first-order chi connectivity index (χ1) is 59.9. The van der Waals surface area contributed by atoms with Crippen LogP contribution in [0.1, 0.15) is 176 Å². The first kappa shape index (κ1) is 108. The molecule has 16 nitrogen and oxygen atoms in total. The van der Waals surface area contributed by atoms with Crippen molar-refractivity contribution in [2.75, 3.05) is 0 Å². The lowest BCUT2D eigenvalue weighted by Gasteiger charge is -2.43. The van der Waals surface area contributed by atoms with E-state index >= 15 is 0 Å². The number of alkyl halides is 21. The molecule has 0 radical (unpaired) electrons. The minimum absolute atomic E-state index is 0.0190. The fraction of sp³-hybridized carbons (Fsp3) is 0.447. The van der Waals surface area contributed by atoms with Gasteiger partial charge in [-0.1, -0.05) is 157 Å². The van der Waals surface area contributed by atoms with E-state index in [1.54, 1.807) is 93.6 Å². The molecule has 0 heterocycles. The third kappa shape index (κ3) is 23.2. The van der Waals surface area contributed by atoms with Crippen LogP contribution in [0.25, 0.3) is 43.1 Å². The number of carbonyl (C=O) groups excluding carboxylic acids is 4. The normalized spacial score (nSPS) is 16.3. The van der Waals surface area contributed by atoms with Gasteiger partial charge in [0.25, 0.3) is 16.8 Å². The van der Waals surface area contributed by atoms with Gasteiger partial charge >= 0.3 is 67.1 Å². The predicted molar refractivity (Wildman–Crippen MR) is 443 cm³/mol. The standard InChI is InChI=1S/C24H24F6O4.C24H26F6O4.C24H27F3O4.C22H22F6O4/c1-14(2)20(31)33-17-9-10-18-16(13-17)7-6-8-19(18)21(11-4-5-12-21)34-15(3)22(32,23(25,26)27)24(28,29)30;1-6-21(7-2,34-15(5)22(32,23(25,26)27)24(28,29)30)19-10-8-9-16-13-17(11-12-18(16)19)33-20(31)14(3)4;1-15(2)21(28)30-20-10-8-17-13-19(9-7-18(17)14-20)23(11-5-6-12-23)31-16(3)22(4,29)24(25,26)27;1-12(2)18(29)31-15-9-10-16-14(11-15)7-6-8-17(16)19(4,5)32-13(3)20(30,21(23,24)25)22(26,27)28/h6-10,13,15,32H,1,4-5,11-12H2,2-3H3;8-13,15,32H,3,6-7H2,1-2,4-5H3;7-10,13-14,16,29H,1,5-6,11-12H2,2-4H3;6-11,13,30H,1H2,2-5H3. The molecular formula is C94H99F21O16. The van der Waals surface area contributed by atoms with E-state index < -0.39 is 136 Å². The number of halogens is 21. The zero-order valence-corrected chi connectivity index (χ0v) is 73.2. The zero-order valence-electron chi connectivity index (χ0n) is 73.2.